The van der Waals surface area contributed by atoms with Crippen molar-refractivity contribution in [3.8, 4) is 17.2 Å². The Bertz CT molecular complexity index is 931. The zero-order valence-corrected chi connectivity index (χ0v) is 12.4. The summed E-state index contributed by atoms with van der Waals surface area (Å²) in [5.74, 6) is 0. The molecule has 1 heterocycles. The zero-order chi connectivity index (χ0) is 15.7. The van der Waals surface area contributed by atoms with E-state index >= 15 is 0 Å². The summed E-state index contributed by atoms with van der Waals surface area (Å²) in [6.07, 6.45) is 0. The third-order valence-corrected chi connectivity index (χ3v) is 3.61. The Morgan fingerprint density at radius 3 is 2.32 bits per heavy atom. The van der Waals surface area contributed by atoms with Gasteiger partial charge < -0.3 is 9.32 Å². The third kappa shape index (κ3) is 2.45. The highest BCUT2D eigenvalue weighted by Gasteiger charge is 2.05. The molecule has 0 amide bonds. The van der Waals surface area contributed by atoms with E-state index in [1.807, 2.05) is 38.4 Å². The minimum absolute atomic E-state index is 0.102. The first-order valence-corrected chi connectivity index (χ1v) is 6.89. The largest absolute Gasteiger partial charge is 0.438 e. The van der Waals surface area contributed by atoms with Crippen LogP contribution in [0.1, 0.15) is 5.56 Å². The molecular weight excluding hydrogens is 274 g/mol. The third-order valence-electron chi connectivity index (χ3n) is 3.61. The quantitative estimate of drug-likeness (QED) is 0.785. The maximum absolute atomic E-state index is 8.95. The number of hydrogen-bond donors (Lipinski definition) is 1. The van der Waals surface area contributed by atoms with Gasteiger partial charge in [0.15, 0.2) is 0 Å². The lowest BCUT2D eigenvalue weighted by molar-refractivity contribution is 0.531. The van der Waals surface area contributed by atoms with Gasteiger partial charge >= 0.3 is 0 Å². The van der Waals surface area contributed by atoms with Crippen LogP contribution in [0.2, 0.25) is 0 Å². The molecule has 0 saturated carbocycles. The molecule has 0 aliphatic carbocycles. The molecule has 0 fully saturated rings. The standard InChI is InChI=1S/C18H15N3O/c1-21(2)16-7-5-12(6-8-16)13-3-4-14-9-15(11-19)18(20)22-17(14)10-13/h3-10,20H,1-2H3. The van der Waals surface area contributed by atoms with Crippen LogP contribution >= 0.6 is 0 Å². The minimum atomic E-state index is -0.102. The lowest BCUT2D eigenvalue weighted by Crippen LogP contribution is -2.07. The molecular formula is C18H15N3O. The molecule has 2 aromatic carbocycles. The van der Waals surface area contributed by atoms with Crippen molar-refractivity contribution in [3.63, 3.8) is 0 Å². The highest BCUT2D eigenvalue weighted by atomic mass is 16.3. The molecule has 0 saturated heterocycles. The first-order chi connectivity index (χ1) is 10.6. The number of nitriles is 1. The van der Waals surface area contributed by atoms with Crippen LogP contribution in [-0.2, 0) is 0 Å². The van der Waals surface area contributed by atoms with E-state index in [1.165, 1.54) is 0 Å². The summed E-state index contributed by atoms with van der Waals surface area (Å²) in [5, 5.41) is 17.5. The number of nitrogens with one attached hydrogen (secondary N) is 1. The van der Waals surface area contributed by atoms with Gasteiger partial charge in [0.1, 0.15) is 17.2 Å². The molecule has 108 valence electrons. The molecule has 0 radical (unpaired) electrons. The van der Waals surface area contributed by atoms with E-state index in [0.29, 0.717) is 5.58 Å². The summed E-state index contributed by atoms with van der Waals surface area (Å²) in [7, 11) is 4.01. The number of rotatable bonds is 2. The maximum atomic E-state index is 8.95. The van der Waals surface area contributed by atoms with Gasteiger partial charge in [-0.15, -0.1) is 0 Å². The van der Waals surface area contributed by atoms with Crippen molar-refractivity contribution in [2.75, 3.05) is 19.0 Å². The van der Waals surface area contributed by atoms with Crippen molar-refractivity contribution in [1.82, 2.24) is 0 Å². The predicted molar refractivity (Wildman–Crippen MR) is 86.5 cm³/mol. The Morgan fingerprint density at radius 1 is 1.00 bits per heavy atom. The van der Waals surface area contributed by atoms with Gasteiger partial charge in [-0.2, -0.15) is 5.26 Å². The molecule has 3 rings (SSSR count). The van der Waals surface area contributed by atoms with E-state index in [0.717, 1.165) is 22.2 Å². The van der Waals surface area contributed by atoms with Gasteiger partial charge in [0.25, 0.3) is 0 Å². The minimum Gasteiger partial charge on any atom is -0.438 e. The van der Waals surface area contributed by atoms with Gasteiger partial charge in [0.2, 0.25) is 5.55 Å². The second kappa shape index (κ2) is 5.38. The number of hydrogen-bond acceptors (Lipinski definition) is 4. The van der Waals surface area contributed by atoms with Gasteiger partial charge in [0, 0.05) is 25.2 Å². The molecule has 4 heteroatoms. The van der Waals surface area contributed by atoms with Gasteiger partial charge in [-0.25, -0.2) is 0 Å². The zero-order valence-electron chi connectivity index (χ0n) is 12.4. The summed E-state index contributed by atoms with van der Waals surface area (Å²) in [4.78, 5) is 2.05. The van der Waals surface area contributed by atoms with E-state index in [1.54, 1.807) is 6.07 Å². The molecule has 4 nitrogen and oxygen atoms in total. The Kier molecular flexibility index (Phi) is 3.40. The Balaban J connectivity index is 2.08. The molecule has 0 bridgehead atoms. The average molecular weight is 289 g/mol. The van der Waals surface area contributed by atoms with Crippen molar-refractivity contribution < 1.29 is 4.42 Å². The number of nitrogens with zero attached hydrogens (tertiary/aromatic N) is 2. The van der Waals surface area contributed by atoms with Gasteiger partial charge in [0.05, 0.1) is 0 Å². The molecule has 22 heavy (non-hydrogen) atoms. The molecule has 0 spiro atoms. The Morgan fingerprint density at radius 2 is 1.68 bits per heavy atom. The van der Waals surface area contributed by atoms with Crippen LogP contribution in [0.3, 0.4) is 0 Å². The smallest absolute Gasteiger partial charge is 0.229 e. The molecule has 0 atom stereocenters. The lowest BCUT2D eigenvalue weighted by Gasteiger charge is -2.12. The number of fused-ring (bicyclic) bond motifs is 1. The fourth-order valence-corrected chi connectivity index (χ4v) is 2.34. The van der Waals surface area contributed by atoms with Gasteiger partial charge in [-0.05, 0) is 35.4 Å². The molecule has 3 aromatic rings. The van der Waals surface area contributed by atoms with E-state index in [2.05, 4.69) is 29.2 Å². The van der Waals surface area contributed by atoms with Crippen LogP contribution in [0.5, 0.6) is 0 Å². The monoisotopic (exact) mass is 289 g/mol. The summed E-state index contributed by atoms with van der Waals surface area (Å²) in [5.41, 5.74) is 3.99. The summed E-state index contributed by atoms with van der Waals surface area (Å²) >= 11 is 0. The highest BCUT2D eigenvalue weighted by Crippen LogP contribution is 2.26. The number of anilines is 1. The average Bonchev–Trinajstić information content (AvgIpc) is 2.53. The van der Waals surface area contributed by atoms with E-state index in [9.17, 15) is 0 Å². The van der Waals surface area contributed by atoms with Crippen molar-refractivity contribution in [3.05, 3.63) is 59.6 Å². The Hall–Kier alpha value is -3.06. The number of benzene rings is 2. The molecule has 0 aliphatic rings. The first-order valence-electron chi connectivity index (χ1n) is 6.89. The van der Waals surface area contributed by atoms with Crippen LogP contribution in [-0.4, -0.2) is 14.1 Å². The van der Waals surface area contributed by atoms with Gasteiger partial charge in [-0.3, -0.25) is 5.41 Å². The van der Waals surface area contributed by atoms with Gasteiger partial charge in [-0.1, -0.05) is 24.3 Å². The second-order valence-electron chi connectivity index (χ2n) is 5.29. The molecule has 1 N–H and O–H groups in total. The topological polar surface area (TPSA) is 64.0 Å². The molecule has 0 aliphatic heterocycles. The second-order valence-corrected chi connectivity index (χ2v) is 5.29. The first kappa shape index (κ1) is 13.9. The SMILES string of the molecule is CN(C)c1ccc(-c2ccc3cc(C#N)c(=N)oc3c2)cc1. The van der Waals surface area contributed by atoms with E-state index in [4.69, 9.17) is 15.1 Å². The molecule has 0 unspecified atom stereocenters. The highest BCUT2D eigenvalue weighted by molar-refractivity contribution is 5.83. The normalized spacial score (nSPS) is 10.4. The molecule has 1 aromatic heterocycles. The lowest BCUT2D eigenvalue weighted by atomic mass is 10.0. The van der Waals surface area contributed by atoms with E-state index < -0.39 is 0 Å². The van der Waals surface area contributed by atoms with Crippen molar-refractivity contribution in [2.24, 2.45) is 0 Å². The van der Waals surface area contributed by atoms with Crippen LogP contribution < -0.4 is 10.5 Å². The van der Waals surface area contributed by atoms with Crippen molar-refractivity contribution in [2.45, 2.75) is 0 Å². The van der Waals surface area contributed by atoms with Crippen LogP contribution in [0.4, 0.5) is 5.69 Å². The summed E-state index contributed by atoms with van der Waals surface area (Å²) in [6.45, 7) is 0. The Labute approximate surface area is 128 Å². The van der Waals surface area contributed by atoms with E-state index in [-0.39, 0.29) is 11.1 Å². The van der Waals surface area contributed by atoms with Crippen molar-refractivity contribution >= 4 is 16.7 Å². The predicted octanol–water partition coefficient (Wildman–Crippen LogP) is 3.52. The summed E-state index contributed by atoms with van der Waals surface area (Å²) < 4.78 is 5.44. The van der Waals surface area contributed by atoms with Crippen molar-refractivity contribution in [1.29, 1.82) is 10.7 Å². The fraction of sp³-hybridized carbons (Fsp3) is 0.111. The summed E-state index contributed by atoms with van der Waals surface area (Å²) in [6, 6.07) is 17.7. The van der Waals surface area contributed by atoms with Crippen LogP contribution in [0, 0.1) is 16.7 Å². The van der Waals surface area contributed by atoms with Crippen LogP contribution in [0.15, 0.2) is 52.9 Å². The fourth-order valence-electron chi connectivity index (χ4n) is 2.34. The maximum Gasteiger partial charge on any atom is 0.229 e. The van der Waals surface area contributed by atoms with Crippen LogP contribution in [0.25, 0.3) is 22.1 Å².